The summed E-state index contributed by atoms with van der Waals surface area (Å²) in [6.45, 7) is -3.85. The van der Waals surface area contributed by atoms with Gasteiger partial charge in [0.2, 0.25) is 0 Å². The molecule has 3 nitrogen and oxygen atoms in total. The number of aromatic nitrogens is 1. The van der Waals surface area contributed by atoms with E-state index in [2.05, 4.69) is 0 Å². The maximum atomic E-state index is 14.7. The molecule has 2 aromatic heterocycles. The van der Waals surface area contributed by atoms with Crippen LogP contribution < -0.4 is 0 Å². The fourth-order valence-corrected chi connectivity index (χ4v) is 3.42. The third kappa shape index (κ3) is 1.55. The van der Waals surface area contributed by atoms with Gasteiger partial charge in [-0.05, 0) is 36.0 Å². The van der Waals surface area contributed by atoms with Crippen LogP contribution in [0.1, 0.15) is 11.3 Å². The van der Waals surface area contributed by atoms with Gasteiger partial charge in [-0.1, -0.05) is 12.1 Å². The molecule has 0 radical (unpaired) electrons. The van der Waals surface area contributed by atoms with Crippen LogP contribution in [0.15, 0.2) is 71.1 Å². The van der Waals surface area contributed by atoms with Crippen LogP contribution in [-0.4, -0.2) is 22.1 Å². The molecule has 0 N–H and O–H groups in total. The summed E-state index contributed by atoms with van der Waals surface area (Å²) in [6, 6.07) is 11.1. The molecule has 5 rings (SSSR count). The average Bonchev–Trinajstić information content (AvgIpc) is 3.27. The molecule has 0 fully saturated rings. The van der Waals surface area contributed by atoms with Crippen molar-refractivity contribution >= 4 is 29.7 Å². The normalized spacial score (nSPS) is 18.3. The Morgan fingerprint density at radius 1 is 1.13 bits per heavy atom. The number of furan rings is 1. The highest BCUT2D eigenvalue weighted by atomic mass is 19.2. The molecule has 2 aliphatic rings. The van der Waals surface area contributed by atoms with Crippen LogP contribution in [0.25, 0.3) is 16.5 Å². The predicted octanol–water partition coefficient (Wildman–Crippen LogP) is 3.88. The Hall–Kier alpha value is -2.89. The van der Waals surface area contributed by atoms with E-state index in [-0.39, 0.29) is 0 Å². The Morgan fingerprint density at radius 3 is 2.96 bits per heavy atom. The number of hydrogen-bond acceptors (Lipinski definition) is 1. The number of hydrogen-bond donors (Lipinski definition) is 0. The highest BCUT2D eigenvalue weighted by Gasteiger charge is 2.51. The quantitative estimate of drug-likeness (QED) is 0.625. The molecule has 23 heavy (non-hydrogen) atoms. The van der Waals surface area contributed by atoms with E-state index >= 15 is 0 Å². The molecule has 3 aromatic rings. The summed E-state index contributed by atoms with van der Waals surface area (Å²) in [5, 5.41) is 0.991. The third-order valence-corrected chi connectivity index (χ3v) is 4.48. The third-order valence-electron chi connectivity index (χ3n) is 4.48. The van der Waals surface area contributed by atoms with Crippen molar-refractivity contribution in [1.82, 2.24) is 4.48 Å². The minimum Gasteiger partial charge on any atom is -0.464 e. The van der Waals surface area contributed by atoms with Crippen molar-refractivity contribution in [3.05, 3.63) is 78.0 Å². The van der Waals surface area contributed by atoms with Gasteiger partial charge in [-0.3, -0.25) is 0 Å². The zero-order valence-electron chi connectivity index (χ0n) is 12.0. The van der Waals surface area contributed by atoms with E-state index in [9.17, 15) is 8.63 Å². The van der Waals surface area contributed by atoms with Gasteiger partial charge >= 0.3 is 6.97 Å². The van der Waals surface area contributed by atoms with Gasteiger partial charge in [-0.2, -0.15) is 0 Å². The van der Waals surface area contributed by atoms with Gasteiger partial charge < -0.3 is 22.0 Å². The lowest BCUT2D eigenvalue weighted by molar-refractivity contribution is -0.356. The van der Waals surface area contributed by atoms with Crippen molar-refractivity contribution in [2.75, 3.05) is 0 Å². The molecule has 2 aliphatic heterocycles. The molecule has 4 heterocycles. The lowest BCUT2D eigenvalue weighted by Crippen LogP contribution is -2.49. The lowest BCUT2D eigenvalue weighted by atomic mass is 9.86. The van der Waals surface area contributed by atoms with Gasteiger partial charge in [0.15, 0.2) is 5.70 Å². The molecule has 0 saturated heterocycles. The average molecular weight is 308 g/mol. The molecule has 112 valence electrons. The van der Waals surface area contributed by atoms with Crippen molar-refractivity contribution in [3.63, 3.8) is 0 Å². The van der Waals surface area contributed by atoms with E-state index < -0.39 is 6.97 Å². The van der Waals surface area contributed by atoms with Gasteiger partial charge in [-0.25, -0.2) is 0 Å². The molecule has 0 amide bonds. The zero-order valence-corrected chi connectivity index (χ0v) is 12.0. The fraction of sp³-hybridized carbons (Fsp3) is 0. The van der Waals surface area contributed by atoms with Crippen LogP contribution in [0.3, 0.4) is 0 Å². The lowest BCUT2D eigenvalue weighted by Gasteiger charge is -2.30. The standard InChI is InChI=1S/C17H11BF2N2O/c19-18(20)21-8-1-3-14(21)17(15-4-2-9-22(15)18)13-6-5-12-7-10-23-16(12)11-13/h1-11H. The molecule has 6 heteroatoms. The molecular formula is C17H11BF2N2O. The maximum absolute atomic E-state index is 14.7. The van der Waals surface area contributed by atoms with Gasteiger partial charge in [0, 0.05) is 23.2 Å². The second-order valence-electron chi connectivity index (χ2n) is 5.74. The summed E-state index contributed by atoms with van der Waals surface area (Å²) >= 11 is 0. The number of rotatable bonds is 1. The first-order valence-corrected chi connectivity index (χ1v) is 7.38. The molecule has 0 bridgehead atoms. The SMILES string of the molecule is F[B-]1(F)n2cccc2C(c2ccc3ccoc3c2)=C2C=CC=[N+]21. The smallest absolute Gasteiger partial charge is 0.464 e. The highest BCUT2D eigenvalue weighted by Crippen LogP contribution is 2.38. The molecule has 0 spiro atoms. The van der Waals surface area contributed by atoms with E-state index in [1.54, 1.807) is 30.5 Å². The Kier molecular flexibility index (Phi) is 2.25. The van der Waals surface area contributed by atoms with Crippen molar-refractivity contribution in [2.24, 2.45) is 0 Å². The van der Waals surface area contributed by atoms with E-state index in [1.807, 2.05) is 24.3 Å². The molecular weight excluding hydrogens is 297 g/mol. The van der Waals surface area contributed by atoms with Crippen LogP contribution >= 0.6 is 0 Å². The van der Waals surface area contributed by atoms with Crippen molar-refractivity contribution < 1.29 is 17.5 Å². The van der Waals surface area contributed by atoms with Crippen LogP contribution in [0, 0.1) is 0 Å². The van der Waals surface area contributed by atoms with Gasteiger partial charge in [-0.15, -0.1) is 0 Å². The van der Waals surface area contributed by atoms with E-state index in [4.69, 9.17) is 4.42 Å². The number of benzene rings is 1. The van der Waals surface area contributed by atoms with Gasteiger partial charge in [0.25, 0.3) is 0 Å². The molecule has 0 saturated carbocycles. The first-order valence-electron chi connectivity index (χ1n) is 7.38. The van der Waals surface area contributed by atoms with E-state index in [0.717, 1.165) is 31.1 Å². The van der Waals surface area contributed by atoms with Crippen molar-refractivity contribution in [1.29, 1.82) is 0 Å². The van der Waals surface area contributed by atoms with Gasteiger partial charge in [0.1, 0.15) is 11.8 Å². The predicted molar refractivity (Wildman–Crippen MR) is 85.5 cm³/mol. The summed E-state index contributed by atoms with van der Waals surface area (Å²) in [4.78, 5) is 0. The van der Waals surface area contributed by atoms with E-state index in [0.29, 0.717) is 11.4 Å². The molecule has 0 atom stereocenters. The van der Waals surface area contributed by atoms with Crippen LogP contribution in [0.5, 0.6) is 0 Å². The zero-order chi connectivity index (χ0) is 15.6. The summed E-state index contributed by atoms with van der Waals surface area (Å²) < 4.78 is 37.0. The minimum absolute atomic E-state index is 0.520. The van der Waals surface area contributed by atoms with E-state index in [1.165, 1.54) is 12.4 Å². The second kappa shape index (κ2) is 4.10. The second-order valence-corrected chi connectivity index (χ2v) is 5.74. The summed E-state index contributed by atoms with van der Waals surface area (Å²) in [7, 11) is 0. The van der Waals surface area contributed by atoms with Crippen LogP contribution in [0.4, 0.5) is 8.63 Å². The molecule has 0 aliphatic carbocycles. The molecule has 0 unspecified atom stereocenters. The first-order chi connectivity index (χ1) is 11.2. The minimum atomic E-state index is -3.85. The van der Waals surface area contributed by atoms with Crippen LogP contribution in [0.2, 0.25) is 0 Å². The summed E-state index contributed by atoms with van der Waals surface area (Å²) in [6.07, 6.45) is 7.88. The molecule has 1 aromatic carbocycles. The Balaban J connectivity index is 1.84. The number of allylic oxidation sites excluding steroid dienone is 2. The number of nitrogens with zero attached hydrogens (tertiary/aromatic N) is 2. The van der Waals surface area contributed by atoms with Crippen molar-refractivity contribution in [2.45, 2.75) is 0 Å². The topological polar surface area (TPSA) is 21.1 Å². The monoisotopic (exact) mass is 308 g/mol. The van der Waals surface area contributed by atoms with Crippen LogP contribution in [-0.2, 0) is 0 Å². The van der Waals surface area contributed by atoms with Gasteiger partial charge in [0.05, 0.1) is 11.8 Å². The largest absolute Gasteiger partial charge is 0.737 e. The summed E-state index contributed by atoms with van der Waals surface area (Å²) in [5.41, 5.74) is 3.43. The number of halogens is 2. The fourth-order valence-electron chi connectivity index (χ4n) is 3.42. The Bertz CT molecular complexity index is 1060. The first kappa shape index (κ1) is 12.6. The van der Waals surface area contributed by atoms with Crippen molar-refractivity contribution in [3.8, 4) is 0 Å². The number of fused-ring (bicyclic) bond motifs is 3. The Labute approximate surface area is 130 Å². The Morgan fingerprint density at radius 2 is 2.04 bits per heavy atom. The summed E-state index contributed by atoms with van der Waals surface area (Å²) in [5.74, 6) is 0. The highest BCUT2D eigenvalue weighted by molar-refractivity contribution is 6.57. The maximum Gasteiger partial charge on any atom is 0.737 e.